The first-order valence-electron chi connectivity index (χ1n) is 7.76. The fourth-order valence-corrected chi connectivity index (χ4v) is 3.91. The summed E-state index contributed by atoms with van der Waals surface area (Å²) >= 11 is 11.9. The number of benzene rings is 2. The Morgan fingerprint density at radius 1 is 1.11 bits per heavy atom. The lowest BCUT2D eigenvalue weighted by molar-refractivity contribution is -0.131. The Morgan fingerprint density at radius 2 is 1.71 bits per heavy atom. The van der Waals surface area contributed by atoms with Crippen molar-refractivity contribution in [3.8, 4) is 22.8 Å². The van der Waals surface area contributed by atoms with Crippen LogP contribution in [0.2, 0.25) is 10.0 Å². The van der Waals surface area contributed by atoms with Gasteiger partial charge < -0.3 is 14.3 Å². The molecule has 28 heavy (non-hydrogen) atoms. The standard InChI is InChI=1S/C18H13Cl2NO6S/c1-10(22)26-17-15(23)16(11-7-12(19)9-13(20)8-11)27-18(17)21-28(24,25)14-5-3-2-4-6-14/h2-9,21,23H,1H3. The van der Waals surface area contributed by atoms with E-state index in [1.807, 2.05) is 0 Å². The van der Waals surface area contributed by atoms with Crippen LogP contribution in [0.1, 0.15) is 6.92 Å². The van der Waals surface area contributed by atoms with E-state index in [1.165, 1.54) is 30.3 Å². The largest absolute Gasteiger partial charge is 0.502 e. The second-order valence-corrected chi connectivity index (χ2v) is 8.16. The normalized spacial score (nSPS) is 11.2. The number of carbonyl (C=O) groups is 1. The predicted molar refractivity (Wildman–Crippen MR) is 104 cm³/mol. The summed E-state index contributed by atoms with van der Waals surface area (Å²) in [6.07, 6.45) is 0. The van der Waals surface area contributed by atoms with Crippen LogP contribution < -0.4 is 9.46 Å². The van der Waals surface area contributed by atoms with Crippen molar-refractivity contribution in [3.05, 3.63) is 58.6 Å². The van der Waals surface area contributed by atoms with Crippen molar-refractivity contribution in [2.24, 2.45) is 0 Å². The van der Waals surface area contributed by atoms with Gasteiger partial charge in [0.25, 0.3) is 15.9 Å². The minimum Gasteiger partial charge on any atom is -0.502 e. The number of hydrogen-bond donors (Lipinski definition) is 2. The lowest BCUT2D eigenvalue weighted by atomic mass is 10.1. The molecule has 0 saturated heterocycles. The van der Waals surface area contributed by atoms with Gasteiger partial charge in [0.05, 0.1) is 4.90 Å². The molecule has 146 valence electrons. The highest BCUT2D eigenvalue weighted by Gasteiger charge is 2.28. The Balaban J connectivity index is 2.11. The number of furan rings is 1. The van der Waals surface area contributed by atoms with Gasteiger partial charge in [-0.15, -0.1) is 0 Å². The summed E-state index contributed by atoms with van der Waals surface area (Å²) in [5.74, 6) is -2.49. The summed E-state index contributed by atoms with van der Waals surface area (Å²) in [6.45, 7) is 1.10. The molecule has 0 aliphatic carbocycles. The second-order valence-electron chi connectivity index (χ2n) is 5.61. The molecule has 0 saturated carbocycles. The van der Waals surface area contributed by atoms with Crippen LogP contribution in [0, 0.1) is 0 Å². The molecule has 2 aromatic carbocycles. The summed E-state index contributed by atoms with van der Waals surface area (Å²) in [5.41, 5.74) is 0.258. The van der Waals surface area contributed by atoms with E-state index in [0.717, 1.165) is 6.92 Å². The van der Waals surface area contributed by atoms with Crippen LogP contribution in [0.5, 0.6) is 11.5 Å². The van der Waals surface area contributed by atoms with Gasteiger partial charge >= 0.3 is 5.97 Å². The third kappa shape index (κ3) is 4.24. The lowest BCUT2D eigenvalue weighted by Crippen LogP contribution is -2.13. The number of nitrogens with one attached hydrogen (secondary N) is 1. The van der Waals surface area contributed by atoms with Crippen LogP contribution in [0.3, 0.4) is 0 Å². The molecule has 0 amide bonds. The fourth-order valence-electron chi connectivity index (χ4n) is 2.37. The average molecular weight is 442 g/mol. The maximum absolute atomic E-state index is 12.6. The number of anilines is 1. The zero-order chi connectivity index (χ0) is 20.5. The maximum Gasteiger partial charge on any atom is 0.308 e. The van der Waals surface area contributed by atoms with E-state index in [0.29, 0.717) is 0 Å². The maximum atomic E-state index is 12.6. The number of rotatable bonds is 5. The first kappa shape index (κ1) is 20.1. The van der Waals surface area contributed by atoms with Gasteiger partial charge in [-0.3, -0.25) is 4.79 Å². The molecule has 7 nitrogen and oxygen atoms in total. The number of halogens is 2. The molecule has 0 fully saturated rings. The van der Waals surface area contributed by atoms with Crippen molar-refractivity contribution in [2.45, 2.75) is 11.8 Å². The van der Waals surface area contributed by atoms with Crippen LogP contribution in [0.25, 0.3) is 11.3 Å². The molecule has 3 rings (SSSR count). The van der Waals surface area contributed by atoms with Crippen molar-refractivity contribution in [1.29, 1.82) is 0 Å². The summed E-state index contributed by atoms with van der Waals surface area (Å²) in [5, 5.41) is 11.0. The molecular formula is C18H13Cl2NO6S. The van der Waals surface area contributed by atoms with Crippen LogP contribution >= 0.6 is 23.2 Å². The molecule has 0 bridgehead atoms. The van der Waals surface area contributed by atoms with Crippen LogP contribution in [-0.4, -0.2) is 19.5 Å². The van der Waals surface area contributed by atoms with Crippen molar-refractivity contribution >= 4 is 45.1 Å². The van der Waals surface area contributed by atoms with E-state index in [4.69, 9.17) is 32.4 Å². The summed E-state index contributed by atoms with van der Waals surface area (Å²) in [7, 11) is -4.07. The van der Waals surface area contributed by atoms with Gasteiger partial charge in [0.15, 0.2) is 5.76 Å². The first-order valence-corrected chi connectivity index (χ1v) is 10.00. The Labute approximate surface area is 170 Å². The van der Waals surface area contributed by atoms with Crippen molar-refractivity contribution in [1.82, 2.24) is 0 Å². The topological polar surface area (TPSA) is 106 Å². The minimum atomic E-state index is -4.07. The van der Waals surface area contributed by atoms with E-state index in [2.05, 4.69) is 4.72 Å². The number of esters is 1. The molecular weight excluding hydrogens is 429 g/mol. The number of hydrogen-bond acceptors (Lipinski definition) is 6. The highest BCUT2D eigenvalue weighted by atomic mass is 35.5. The molecule has 1 aromatic heterocycles. The molecule has 10 heteroatoms. The van der Waals surface area contributed by atoms with Gasteiger partial charge in [0.1, 0.15) is 0 Å². The van der Waals surface area contributed by atoms with Gasteiger partial charge in [-0.05, 0) is 30.3 Å². The van der Waals surface area contributed by atoms with Crippen LogP contribution in [0.15, 0.2) is 57.8 Å². The zero-order valence-corrected chi connectivity index (χ0v) is 16.6. The number of sulfonamides is 1. The Hall–Kier alpha value is -2.68. The molecule has 1 heterocycles. The van der Waals surface area contributed by atoms with Gasteiger partial charge in [0, 0.05) is 22.5 Å². The van der Waals surface area contributed by atoms with E-state index in [9.17, 15) is 18.3 Å². The quantitative estimate of drug-likeness (QED) is 0.556. The van der Waals surface area contributed by atoms with Gasteiger partial charge in [-0.1, -0.05) is 41.4 Å². The van der Waals surface area contributed by atoms with Crippen molar-refractivity contribution in [2.75, 3.05) is 4.72 Å². The van der Waals surface area contributed by atoms with Crippen molar-refractivity contribution < 1.29 is 27.5 Å². The molecule has 2 N–H and O–H groups in total. The fraction of sp³-hybridized carbons (Fsp3) is 0.0556. The van der Waals surface area contributed by atoms with Crippen LogP contribution in [-0.2, 0) is 14.8 Å². The highest BCUT2D eigenvalue weighted by molar-refractivity contribution is 7.92. The number of aromatic hydroxyl groups is 1. The second kappa shape index (κ2) is 7.75. The Morgan fingerprint density at radius 3 is 2.29 bits per heavy atom. The van der Waals surface area contributed by atoms with E-state index < -0.39 is 33.4 Å². The van der Waals surface area contributed by atoms with E-state index in [1.54, 1.807) is 18.2 Å². The monoisotopic (exact) mass is 441 g/mol. The first-order chi connectivity index (χ1) is 13.2. The minimum absolute atomic E-state index is 0.0491. The number of ether oxygens (including phenoxy) is 1. The van der Waals surface area contributed by atoms with E-state index >= 15 is 0 Å². The smallest absolute Gasteiger partial charge is 0.308 e. The van der Waals surface area contributed by atoms with Gasteiger partial charge in [-0.2, -0.15) is 0 Å². The Bertz CT molecular complexity index is 1120. The average Bonchev–Trinajstić information content (AvgIpc) is 2.90. The lowest BCUT2D eigenvalue weighted by Gasteiger charge is -2.07. The third-order valence-electron chi connectivity index (χ3n) is 3.49. The summed E-state index contributed by atoms with van der Waals surface area (Å²) in [6, 6.07) is 11.8. The summed E-state index contributed by atoms with van der Waals surface area (Å²) < 4.78 is 37.7. The zero-order valence-electron chi connectivity index (χ0n) is 14.3. The number of carbonyl (C=O) groups excluding carboxylic acids is 1. The molecule has 0 aliphatic rings. The van der Waals surface area contributed by atoms with Crippen LogP contribution in [0.4, 0.5) is 5.88 Å². The molecule has 0 radical (unpaired) electrons. The summed E-state index contributed by atoms with van der Waals surface area (Å²) in [4.78, 5) is 11.4. The molecule has 0 aliphatic heterocycles. The van der Waals surface area contributed by atoms with Gasteiger partial charge in [0.2, 0.25) is 11.5 Å². The van der Waals surface area contributed by atoms with E-state index in [-0.39, 0.29) is 26.3 Å². The van der Waals surface area contributed by atoms with Crippen molar-refractivity contribution in [3.63, 3.8) is 0 Å². The molecule has 0 atom stereocenters. The molecule has 3 aromatic rings. The Kier molecular flexibility index (Phi) is 5.55. The molecule has 0 spiro atoms. The third-order valence-corrected chi connectivity index (χ3v) is 5.27. The predicted octanol–water partition coefficient (Wildman–Crippen LogP) is 4.69. The van der Waals surface area contributed by atoms with Gasteiger partial charge in [-0.25, -0.2) is 13.1 Å². The SMILES string of the molecule is CC(=O)Oc1c(NS(=O)(=O)c2ccccc2)oc(-c2cc(Cl)cc(Cl)c2)c1O. The molecule has 0 unspecified atom stereocenters. The highest BCUT2D eigenvalue weighted by Crippen LogP contribution is 2.47.